The molecule has 1 aliphatic carbocycles. The Hall–Kier alpha value is -2.99. The maximum absolute atomic E-state index is 6.02. The molecular formula is C22H22N4O2. The SMILES string of the molecule is c1ccc(-c2ccc(CNc3ncc(C4CC4)c(OC4COC4)n3)cc2)nc1. The van der Waals surface area contributed by atoms with Crippen LogP contribution in [0, 0.1) is 0 Å². The number of anilines is 1. The number of hydrogen-bond donors (Lipinski definition) is 1. The number of nitrogens with zero attached hydrogens (tertiary/aromatic N) is 3. The molecule has 28 heavy (non-hydrogen) atoms. The molecule has 0 spiro atoms. The minimum atomic E-state index is 0.111. The second-order valence-corrected chi connectivity index (χ2v) is 7.27. The van der Waals surface area contributed by atoms with Crippen LogP contribution in [-0.4, -0.2) is 34.3 Å². The predicted molar refractivity (Wildman–Crippen MR) is 106 cm³/mol. The first kappa shape index (κ1) is 17.1. The zero-order valence-corrected chi connectivity index (χ0v) is 15.5. The number of benzene rings is 1. The van der Waals surface area contributed by atoms with Gasteiger partial charge in [-0.15, -0.1) is 0 Å². The third-order valence-corrected chi connectivity index (χ3v) is 5.05. The minimum absolute atomic E-state index is 0.111. The Morgan fingerprint density at radius 1 is 1.04 bits per heavy atom. The van der Waals surface area contributed by atoms with E-state index in [0.29, 0.717) is 37.5 Å². The number of ether oxygens (including phenoxy) is 2. The maximum Gasteiger partial charge on any atom is 0.226 e. The van der Waals surface area contributed by atoms with E-state index in [4.69, 9.17) is 9.47 Å². The summed E-state index contributed by atoms with van der Waals surface area (Å²) >= 11 is 0. The van der Waals surface area contributed by atoms with Crippen molar-refractivity contribution in [2.45, 2.75) is 31.4 Å². The second-order valence-electron chi connectivity index (χ2n) is 7.27. The normalized spacial score (nSPS) is 16.4. The van der Waals surface area contributed by atoms with Crippen LogP contribution in [-0.2, 0) is 11.3 Å². The molecule has 0 unspecified atom stereocenters. The Kier molecular flexibility index (Phi) is 4.62. The summed E-state index contributed by atoms with van der Waals surface area (Å²) in [5, 5.41) is 3.31. The molecule has 142 valence electrons. The molecule has 0 bridgehead atoms. The van der Waals surface area contributed by atoms with Crippen LogP contribution < -0.4 is 10.1 Å². The van der Waals surface area contributed by atoms with Crippen LogP contribution in [0.3, 0.4) is 0 Å². The largest absolute Gasteiger partial charge is 0.469 e. The smallest absolute Gasteiger partial charge is 0.226 e. The Morgan fingerprint density at radius 3 is 2.57 bits per heavy atom. The number of rotatable bonds is 7. The van der Waals surface area contributed by atoms with E-state index in [-0.39, 0.29) is 6.10 Å². The number of aromatic nitrogens is 3. The topological polar surface area (TPSA) is 69.2 Å². The molecule has 2 aliphatic rings. The molecule has 3 heterocycles. The molecular weight excluding hydrogens is 352 g/mol. The molecule has 1 saturated carbocycles. The third-order valence-electron chi connectivity index (χ3n) is 5.05. The summed E-state index contributed by atoms with van der Waals surface area (Å²) < 4.78 is 11.2. The van der Waals surface area contributed by atoms with Gasteiger partial charge in [-0.1, -0.05) is 30.3 Å². The first-order chi connectivity index (χ1) is 13.8. The van der Waals surface area contributed by atoms with Gasteiger partial charge in [0.25, 0.3) is 0 Å². The summed E-state index contributed by atoms with van der Waals surface area (Å²) in [6.07, 6.45) is 6.21. The highest BCUT2D eigenvalue weighted by molar-refractivity contribution is 5.59. The molecule has 0 amide bonds. The van der Waals surface area contributed by atoms with Crippen LogP contribution in [0.25, 0.3) is 11.3 Å². The van der Waals surface area contributed by atoms with E-state index >= 15 is 0 Å². The molecule has 1 N–H and O–H groups in total. The van der Waals surface area contributed by atoms with Crippen molar-refractivity contribution in [3.63, 3.8) is 0 Å². The fourth-order valence-electron chi connectivity index (χ4n) is 3.18. The molecule has 2 aromatic heterocycles. The molecule has 0 atom stereocenters. The lowest BCUT2D eigenvalue weighted by Crippen LogP contribution is -2.39. The van der Waals surface area contributed by atoms with Crippen molar-refractivity contribution in [2.24, 2.45) is 0 Å². The fraction of sp³-hybridized carbons (Fsp3) is 0.318. The van der Waals surface area contributed by atoms with E-state index in [0.717, 1.165) is 22.4 Å². The van der Waals surface area contributed by atoms with E-state index in [1.165, 1.54) is 12.8 Å². The van der Waals surface area contributed by atoms with Gasteiger partial charge in [-0.3, -0.25) is 4.98 Å². The van der Waals surface area contributed by atoms with E-state index in [2.05, 4.69) is 44.5 Å². The molecule has 3 aromatic rings. The predicted octanol–water partition coefficient (Wildman–Crippen LogP) is 3.81. The highest BCUT2D eigenvalue weighted by Gasteiger charge is 2.30. The van der Waals surface area contributed by atoms with Gasteiger partial charge in [0.15, 0.2) is 0 Å². The standard InChI is InChI=1S/C22H22N4O2/c1-2-10-23-20(3-1)17-6-4-15(5-7-17)11-24-22-25-12-19(16-8-9-16)21(26-22)28-18-13-27-14-18/h1-7,10,12,16,18H,8-9,11,13-14H2,(H,24,25,26). The summed E-state index contributed by atoms with van der Waals surface area (Å²) in [7, 11) is 0. The number of hydrogen-bond acceptors (Lipinski definition) is 6. The fourth-order valence-corrected chi connectivity index (χ4v) is 3.18. The highest BCUT2D eigenvalue weighted by Crippen LogP contribution is 2.43. The summed E-state index contributed by atoms with van der Waals surface area (Å²) in [4.78, 5) is 13.5. The highest BCUT2D eigenvalue weighted by atomic mass is 16.6. The summed E-state index contributed by atoms with van der Waals surface area (Å²) in [5.74, 6) is 1.84. The molecule has 5 rings (SSSR count). The molecule has 6 heteroatoms. The van der Waals surface area contributed by atoms with Crippen LogP contribution in [0.1, 0.15) is 29.9 Å². The van der Waals surface area contributed by atoms with Crippen molar-refractivity contribution in [3.05, 3.63) is 66.0 Å². The Labute approximate surface area is 164 Å². The zero-order valence-electron chi connectivity index (χ0n) is 15.5. The minimum Gasteiger partial charge on any atom is -0.469 e. The van der Waals surface area contributed by atoms with Gasteiger partial charge in [0.2, 0.25) is 11.8 Å². The van der Waals surface area contributed by atoms with Gasteiger partial charge in [0, 0.05) is 30.1 Å². The average molecular weight is 374 g/mol. The molecule has 1 saturated heterocycles. The summed E-state index contributed by atoms with van der Waals surface area (Å²) in [5.41, 5.74) is 4.36. The second kappa shape index (κ2) is 7.56. The van der Waals surface area contributed by atoms with Gasteiger partial charge < -0.3 is 14.8 Å². The van der Waals surface area contributed by atoms with Crippen molar-refractivity contribution >= 4 is 5.95 Å². The number of pyridine rings is 1. The van der Waals surface area contributed by atoms with Crippen molar-refractivity contribution in [2.75, 3.05) is 18.5 Å². The van der Waals surface area contributed by atoms with Gasteiger partial charge in [-0.25, -0.2) is 4.98 Å². The van der Waals surface area contributed by atoms with E-state index < -0.39 is 0 Å². The third kappa shape index (κ3) is 3.82. The molecule has 1 aromatic carbocycles. The Balaban J connectivity index is 1.26. The summed E-state index contributed by atoms with van der Waals surface area (Å²) in [6, 6.07) is 14.3. The van der Waals surface area contributed by atoms with Crippen LogP contribution in [0.4, 0.5) is 5.95 Å². The maximum atomic E-state index is 6.02. The van der Waals surface area contributed by atoms with Crippen molar-refractivity contribution in [1.82, 2.24) is 15.0 Å². The lowest BCUT2D eigenvalue weighted by atomic mass is 10.1. The van der Waals surface area contributed by atoms with Gasteiger partial charge in [-0.05, 0) is 36.5 Å². The van der Waals surface area contributed by atoms with E-state index in [1.807, 2.05) is 30.6 Å². The zero-order chi connectivity index (χ0) is 18.8. The van der Waals surface area contributed by atoms with Crippen LogP contribution in [0.5, 0.6) is 5.88 Å². The van der Waals surface area contributed by atoms with Gasteiger partial charge >= 0.3 is 0 Å². The molecule has 6 nitrogen and oxygen atoms in total. The van der Waals surface area contributed by atoms with Crippen LogP contribution >= 0.6 is 0 Å². The molecule has 2 fully saturated rings. The van der Waals surface area contributed by atoms with Crippen molar-refractivity contribution in [3.8, 4) is 17.1 Å². The lowest BCUT2D eigenvalue weighted by Gasteiger charge is -2.27. The Morgan fingerprint density at radius 2 is 1.89 bits per heavy atom. The molecule has 0 radical (unpaired) electrons. The number of nitrogens with one attached hydrogen (secondary N) is 1. The van der Waals surface area contributed by atoms with E-state index in [9.17, 15) is 0 Å². The van der Waals surface area contributed by atoms with Crippen molar-refractivity contribution in [1.29, 1.82) is 0 Å². The quantitative estimate of drug-likeness (QED) is 0.678. The first-order valence-electron chi connectivity index (χ1n) is 9.71. The van der Waals surface area contributed by atoms with Crippen LogP contribution in [0.15, 0.2) is 54.9 Å². The van der Waals surface area contributed by atoms with Crippen molar-refractivity contribution < 1.29 is 9.47 Å². The van der Waals surface area contributed by atoms with Gasteiger partial charge in [0.1, 0.15) is 6.10 Å². The van der Waals surface area contributed by atoms with Crippen LogP contribution in [0.2, 0.25) is 0 Å². The summed E-state index contributed by atoms with van der Waals surface area (Å²) in [6.45, 7) is 1.93. The van der Waals surface area contributed by atoms with E-state index in [1.54, 1.807) is 0 Å². The first-order valence-corrected chi connectivity index (χ1v) is 9.71. The van der Waals surface area contributed by atoms with Gasteiger partial charge in [-0.2, -0.15) is 4.98 Å². The molecule has 1 aliphatic heterocycles. The average Bonchev–Trinajstić information content (AvgIpc) is 3.55. The lowest BCUT2D eigenvalue weighted by molar-refractivity contribution is -0.0816. The monoisotopic (exact) mass is 374 g/mol. The Bertz CT molecular complexity index is 939. The van der Waals surface area contributed by atoms with Gasteiger partial charge in [0.05, 0.1) is 18.9 Å².